The molecule has 2 amide bonds. The minimum atomic E-state index is -0.550. The molecule has 2 N–H and O–H groups in total. The van der Waals surface area contributed by atoms with Gasteiger partial charge in [0.05, 0.1) is 18.2 Å². The number of Topliss-reactive ketones (excluding diaryl/α,β-unsaturated/α-hetero) is 1. The van der Waals surface area contributed by atoms with E-state index in [1.54, 1.807) is 0 Å². The fraction of sp³-hybridized carbons (Fsp3) is 0.346. The molecule has 0 saturated carbocycles. The number of aliphatic hydroxyl groups is 1. The first kappa shape index (κ1) is 23.3. The number of hydrogen-bond donors (Lipinski definition) is 2. The Hall–Kier alpha value is -3.41. The molecule has 32 heavy (non-hydrogen) atoms. The van der Waals surface area contributed by atoms with E-state index in [9.17, 15) is 19.5 Å². The topological polar surface area (TPSA) is 86.7 Å². The van der Waals surface area contributed by atoms with Gasteiger partial charge in [-0.05, 0) is 41.2 Å². The summed E-state index contributed by atoms with van der Waals surface area (Å²) in [7, 11) is 1.53. The number of benzene rings is 2. The second-order valence-corrected chi connectivity index (χ2v) is 9.55. The molecule has 0 unspecified atom stereocenters. The maximum atomic E-state index is 12.6. The molecule has 0 aromatic heterocycles. The lowest BCUT2D eigenvalue weighted by Crippen LogP contribution is -2.30. The van der Waals surface area contributed by atoms with Gasteiger partial charge in [-0.25, -0.2) is 0 Å². The number of ketones is 1. The number of rotatable bonds is 6. The van der Waals surface area contributed by atoms with Crippen LogP contribution in [0, 0.1) is 5.41 Å². The smallest absolute Gasteiger partial charge is 0.289 e. The Morgan fingerprint density at radius 1 is 1.09 bits per heavy atom. The van der Waals surface area contributed by atoms with E-state index in [0.717, 1.165) is 16.7 Å². The van der Waals surface area contributed by atoms with Crippen LogP contribution in [0.1, 0.15) is 56.1 Å². The summed E-state index contributed by atoms with van der Waals surface area (Å²) < 4.78 is 0. The molecule has 3 rings (SSSR count). The van der Waals surface area contributed by atoms with Crippen LogP contribution in [0.3, 0.4) is 0 Å². The number of nitrogens with zero attached hydrogens (tertiary/aromatic N) is 1. The molecule has 6 nitrogen and oxygen atoms in total. The highest BCUT2D eigenvalue weighted by molar-refractivity contribution is 6.07. The third-order valence-corrected chi connectivity index (χ3v) is 5.45. The predicted molar refractivity (Wildman–Crippen MR) is 124 cm³/mol. The van der Waals surface area contributed by atoms with Crippen molar-refractivity contribution in [3.63, 3.8) is 0 Å². The summed E-state index contributed by atoms with van der Waals surface area (Å²) >= 11 is 0. The van der Waals surface area contributed by atoms with Gasteiger partial charge in [0.25, 0.3) is 11.8 Å². The third-order valence-electron chi connectivity index (χ3n) is 5.45. The molecule has 168 valence electrons. The van der Waals surface area contributed by atoms with E-state index < -0.39 is 17.6 Å². The van der Waals surface area contributed by atoms with Gasteiger partial charge in [0.2, 0.25) is 0 Å². The van der Waals surface area contributed by atoms with Crippen LogP contribution in [-0.2, 0) is 9.59 Å². The summed E-state index contributed by atoms with van der Waals surface area (Å²) in [5, 5.41) is 12.8. The van der Waals surface area contributed by atoms with Crippen molar-refractivity contribution in [1.29, 1.82) is 0 Å². The molecule has 0 spiro atoms. The number of aliphatic hydroxyl groups excluding tert-OH is 1. The van der Waals surface area contributed by atoms with Gasteiger partial charge >= 0.3 is 0 Å². The molecule has 2 aromatic rings. The molecule has 6 heteroatoms. The highest BCUT2D eigenvalue weighted by Gasteiger charge is 2.32. The molecule has 1 aliphatic heterocycles. The lowest BCUT2D eigenvalue weighted by atomic mass is 9.87. The predicted octanol–water partition coefficient (Wildman–Crippen LogP) is 4.43. The molecule has 1 atom stereocenters. The van der Waals surface area contributed by atoms with Crippen molar-refractivity contribution in [2.75, 3.05) is 13.6 Å². The van der Waals surface area contributed by atoms with E-state index >= 15 is 0 Å². The normalized spacial score (nSPS) is 15.2. The van der Waals surface area contributed by atoms with E-state index in [1.165, 1.54) is 11.9 Å². The SMILES string of the molecule is C[C@@H](NC(=O)C1=C(O)C(=O)N(C)C1)c1cccc(-c2cccc(C(=O)CC(C)(C)C)c2)c1. The Balaban J connectivity index is 1.78. The maximum absolute atomic E-state index is 12.6. The molecule has 0 bridgehead atoms. The minimum Gasteiger partial charge on any atom is -0.503 e. The maximum Gasteiger partial charge on any atom is 0.289 e. The lowest BCUT2D eigenvalue weighted by Gasteiger charge is -2.17. The molecule has 0 fully saturated rings. The summed E-state index contributed by atoms with van der Waals surface area (Å²) in [4.78, 5) is 38.3. The molecule has 0 saturated heterocycles. The molecule has 0 radical (unpaired) electrons. The highest BCUT2D eigenvalue weighted by Crippen LogP contribution is 2.27. The van der Waals surface area contributed by atoms with Gasteiger partial charge in [-0.3, -0.25) is 14.4 Å². The molecular weight excluding hydrogens is 404 g/mol. The Morgan fingerprint density at radius 3 is 2.31 bits per heavy atom. The first-order valence-electron chi connectivity index (χ1n) is 10.7. The molecule has 0 aliphatic carbocycles. The van der Waals surface area contributed by atoms with Crippen molar-refractivity contribution in [2.24, 2.45) is 5.41 Å². The molecule has 2 aromatic carbocycles. The van der Waals surface area contributed by atoms with Crippen LogP contribution in [0.15, 0.2) is 59.9 Å². The molecular formula is C26H30N2O4. The highest BCUT2D eigenvalue weighted by atomic mass is 16.3. The van der Waals surface area contributed by atoms with Crippen LogP contribution in [0.5, 0.6) is 0 Å². The van der Waals surface area contributed by atoms with Crippen molar-refractivity contribution in [1.82, 2.24) is 10.2 Å². The monoisotopic (exact) mass is 434 g/mol. The standard InChI is InChI=1S/C26H30N2O4/c1-16(27-24(31)21-15-28(5)25(32)23(21)30)17-8-6-9-18(12-17)19-10-7-11-20(13-19)22(29)14-26(2,3)4/h6-13,16,30H,14-15H2,1-5H3,(H,27,31)/t16-/m1/s1. The van der Waals surface area contributed by atoms with Crippen LogP contribution in [0.2, 0.25) is 0 Å². The van der Waals surface area contributed by atoms with Crippen LogP contribution in [-0.4, -0.2) is 41.2 Å². The molecule has 1 heterocycles. The number of hydrogen-bond acceptors (Lipinski definition) is 4. The zero-order chi connectivity index (χ0) is 23.6. The van der Waals surface area contributed by atoms with E-state index in [2.05, 4.69) is 5.32 Å². The number of nitrogens with one attached hydrogen (secondary N) is 1. The van der Waals surface area contributed by atoms with Gasteiger partial charge in [-0.2, -0.15) is 0 Å². The average molecular weight is 435 g/mol. The van der Waals surface area contributed by atoms with Gasteiger partial charge in [0.15, 0.2) is 11.5 Å². The third kappa shape index (κ3) is 5.25. The van der Waals surface area contributed by atoms with Gasteiger partial charge in [-0.15, -0.1) is 0 Å². The van der Waals surface area contributed by atoms with Crippen molar-refractivity contribution >= 4 is 17.6 Å². The van der Waals surface area contributed by atoms with Crippen molar-refractivity contribution in [2.45, 2.75) is 40.2 Å². The number of amides is 2. The van der Waals surface area contributed by atoms with Crippen molar-refractivity contribution in [3.8, 4) is 11.1 Å². The van der Waals surface area contributed by atoms with Gasteiger partial charge in [0, 0.05) is 19.0 Å². The summed E-state index contributed by atoms with van der Waals surface area (Å²) in [6.07, 6.45) is 0.472. The van der Waals surface area contributed by atoms with E-state index in [0.29, 0.717) is 12.0 Å². The Morgan fingerprint density at radius 2 is 1.72 bits per heavy atom. The summed E-state index contributed by atoms with van der Waals surface area (Å²) in [5.41, 5.74) is 3.41. The van der Waals surface area contributed by atoms with Crippen LogP contribution < -0.4 is 5.32 Å². The second-order valence-electron chi connectivity index (χ2n) is 9.55. The lowest BCUT2D eigenvalue weighted by molar-refractivity contribution is -0.126. The Bertz CT molecular complexity index is 1100. The second kappa shape index (κ2) is 8.99. The fourth-order valence-electron chi connectivity index (χ4n) is 3.68. The van der Waals surface area contributed by atoms with Gasteiger partial charge in [-0.1, -0.05) is 57.2 Å². The fourth-order valence-corrected chi connectivity index (χ4v) is 3.68. The quantitative estimate of drug-likeness (QED) is 0.659. The van der Waals surface area contributed by atoms with Crippen molar-refractivity contribution < 1.29 is 19.5 Å². The Labute approximate surface area is 188 Å². The van der Waals surface area contributed by atoms with Gasteiger partial charge in [0.1, 0.15) is 0 Å². The van der Waals surface area contributed by atoms with E-state index in [1.807, 2.05) is 76.2 Å². The van der Waals surface area contributed by atoms with Crippen LogP contribution in [0.25, 0.3) is 11.1 Å². The number of carbonyl (C=O) groups is 3. The summed E-state index contributed by atoms with van der Waals surface area (Å²) in [6, 6.07) is 15.0. The molecule has 1 aliphatic rings. The van der Waals surface area contributed by atoms with E-state index in [-0.39, 0.29) is 29.4 Å². The van der Waals surface area contributed by atoms with Crippen LogP contribution >= 0.6 is 0 Å². The zero-order valence-corrected chi connectivity index (χ0v) is 19.2. The largest absolute Gasteiger partial charge is 0.503 e. The number of carbonyl (C=O) groups excluding carboxylic acids is 3. The summed E-state index contributed by atoms with van der Waals surface area (Å²) in [6.45, 7) is 8.06. The van der Waals surface area contributed by atoms with Gasteiger partial charge < -0.3 is 15.3 Å². The zero-order valence-electron chi connectivity index (χ0n) is 19.2. The van der Waals surface area contributed by atoms with Crippen LogP contribution in [0.4, 0.5) is 0 Å². The van der Waals surface area contributed by atoms with E-state index in [4.69, 9.17) is 0 Å². The first-order valence-corrected chi connectivity index (χ1v) is 10.7. The minimum absolute atomic E-state index is 0.0746. The first-order chi connectivity index (χ1) is 15.0. The van der Waals surface area contributed by atoms with Crippen molar-refractivity contribution in [3.05, 3.63) is 71.0 Å². The summed E-state index contributed by atoms with van der Waals surface area (Å²) in [5.74, 6) is -1.40. The Kier molecular flexibility index (Phi) is 6.53. The average Bonchev–Trinajstić information content (AvgIpc) is 3.00. The number of likely N-dealkylation sites (N-methyl/N-ethyl adjacent to an activating group) is 1.